The van der Waals surface area contributed by atoms with Gasteiger partial charge in [0.05, 0.1) is 5.75 Å². The summed E-state index contributed by atoms with van der Waals surface area (Å²) in [5, 5.41) is 0. The summed E-state index contributed by atoms with van der Waals surface area (Å²) in [7, 11) is -3.07. The zero-order valence-electron chi connectivity index (χ0n) is 8.41. The van der Waals surface area contributed by atoms with Gasteiger partial charge in [-0.05, 0) is 18.9 Å². The van der Waals surface area contributed by atoms with Gasteiger partial charge in [0.1, 0.15) is 0 Å². The number of sulfonamides is 1. The minimum atomic E-state index is -3.07. The van der Waals surface area contributed by atoms with Crippen LogP contribution in [0.15, 0.2) is 0 Å². The van der Waals surface area contributed by atoms with Crippen LogP contribution >= 0.6 is 0 Å². The normalized spacial score (nSPS) is 14.4. The van der Waals surface area contributed by atoms with E-state index < -0.39 is 10.0 Å². The van der Waals surface area contributed by atoms with E-state index in [1.54, 1.807) is 0 Å². The van der Waals surface area contributed by atoms with E-state index in [1.807, 2.05) is 13.8 Å². The lowest BCUT2D eigenvalue weighted by molar-refractivity contribution is 0.551. The summed E-state index contributed by atoms with van der Waals surface area (Å²) in [5.74, 6) is 0.434. The van der Waals surface area contributed by atoms with Crippen molar-refractivity contribution in [1.29, 1.82) is 0 Å². The standard InChI is InChI=1S/C8H20N2O2S/c1-3-8(2)7-13(11,12)10-6-4-5-9/h8,10H,3-7,9H2,1-2H3/t8-/m1/s1. The molecule has 0 aliphatic carbocycles. The predicted molar refractivity (Wildman–Crippen MR) is 54.9 cm³/mol. The molecule has 0 spiro atoms. The van der Waals surface area contributed by atoms with E-state index in [2.05, 4.69) is 4.72 Å². The summed E-state index contributed by atoms with van der Waals surface area (Å²) >= 11 is 0. The van der Waals surface area contributed by atoms with Gasteiger partial charge in [0, 0.05) is 6.54 Å². The molecule has 0 unspecified atom stereocenters. The molecule has 80 valence electrons. The van der Waals surface area contributed by atoms with Crippen molar-refractivity contribution < 1.29 is 8.42 Å². The molecule has 0 aromatic carbocycles. The molecular weight excluding hydrogens is 188 g/mol. The minimum Gasteiger partial charge on any atom is -0.330 e. The van der Waals surface area contributed by atoms with E-state index in [9.17, 15) is 8.42 Å². The molecule has 0 aliphatic heterocycles. The van der Waals surface area contributed by atoms with E-state index >= 15 is 0 Å². The molecule has 0 aliphatic rings. The van der Waals surface area contributed by atoms with E-state index in [4.69, 9.17) is 5.73 Å². The monoisotopic (exact) mass is 208 g/mol. The Balaban J connectivity index is 3.81. The van der Waals surface area contributed by atoms with Gasteiger partial charge >= 0.3 is 0 Å². The Morgan fingerprint density at radius 3 is 2.54 bits per heavy atom. The van der Waals surface area contributed by atoms with Crippen LogP contribution in [0.2, 0.25) is 0 Å². The van der Waals surface area contributed by atoms with E-state index in [0.717, 1.165) is 6.42 Å². The van der Waals surface area contributed by atoms with Gasteiger partial charge in [-0.3, -0.25) is 0 Å². The molecule has 0 heterocycles. The van der Waals surface area contributed by atoms with Crippen molar-refractivity contribution in [2.24, 2.45) is 11.7 Å². The summed E-state index contributed by atoms with van der Waals surface area (Å²) < 4.78 is 25.2. The zero-order chi connectivity index (χ0) is 10.3. The van der Waals surface area contributed by atoms with Gasteiger partial charge in [-0.2, -0.15) is 0 Å². The number of nitrogens with two attached hydrogens (primary N) is 1. The van der Waals surface area contributed by atoms with Crippen LogP contribution in [0, 0.1) is 5.92 Å². The minimum absolute atomic E-state index is 0.216. The molecule has 3 N–H and O–H groups in total. The quantitative estimate of drug-likeness (QED) is 0.591. The van der Waals surface area contributed by atoms with E-state index in [1.165, 1.54) is 0 Å². The second kappa shape index (κ2) is 6.34. The molecule has 0 amide bonds. The Morgan fingerprint density at radius 1 is 1.46 bits per heavy atom. The van der Waals surface area contributed by atoms with Crippen molar-refractivity contribution in [1.82, 2.24) is 4.72 Å². The Morgan fingerprint density at radius 2 is 2.08 bits per heavy atom. The molecule has 0 rings (SSSR count). The van der Waals surface area contributed by atoms with Crippen molar-refractivity contribution in [2.75, 3.05) is 18.8 Å². The third-order valence-corrected chi connectivity index (χ3v) is 3.56. The Kier molecular flexibility index (Phi) is 6.28. The van der Waals surface area contributed by atoms with Crippen LogP contribution < -0.4 is 10.5 Å². The molecule has 1 atom stereocenters. The summed E-state index contributed by atoms with van der Waals surface area (Å²) in [6, 6.07) is 0. The molecule has 5 heteroatoms. The smallest absolute Gasteiger partial charge is 0.211 e. The van der Waals surface area contributed by atoms with Gasteiger partial charge in [-0.15, -0.1) is 0 Å². The fourth-order valence-electron chi connectivity index (χ4n) is 0.881. The number of hydrogen-bond donors (Lipinski definition) is 2. The lowest BCUT2D eigenvalue weighted by Crippen LogP contribution is -2.30. The van der Waals surface area contributed by atoms with Crippen molar-refractivity contribution >= 4 is 10.0 Å². The Bertz CT molecular complexity index is 214. The fourth-order valence-corrected chi connectivity index (χ4v) is 2.44. The molecule has 0 saturated carbocycles. The average Bonchev–Trinajstić information content (AvgIpc) is 2.03. The SMILES string of the molecule is CC[C@@H](C)CS(=O)(=O)NCCCN. The third kappa shape index (κ3) is 6.98. The first-order valence-corrected chi connectivity index (χ1v) is 6.34. The topological polar surface area (TPSA) is 72.2 Å². The Labute approximate surface area is 80.9 Å². The fraction of sp³-hybridized carbons (Fsp3) is 1.00. The van der Waals surface area contributed by atoms with E-state index in [-0.39, 0.29) is 11.7 Å². The maximum atomic E-state index is 11.3. The predicted octanol–water partition coefficient (Wildman–Crippen LogP) is 0.301. The van der Waals surface area contributed by atoms with Crippen LogP contribution in [0.3, 0.4) is 0 Å². The highest BCUT2D eigenvalue weighted by molar-refractivity contribution is 7.89. The van der Waals surface area contributed by atoms with Crippen LogP contribution in [-0.4, -0.2) is 27.3 Å². The zero-order valence-corrected chi connectivity index (χ0v) is 9.23. The van der Waals surface area contributed by atoms with Crippen LogP contribution in [0.5, 0.6) is 0 Å². The van der Waals surface area contributed by atoms with Crippen molar-refractivity contribution in [3.8, 4) is 0 Å². The Hall–Kier alpha value is -0.130. The third-order valence-electron chi connectivity index (χ3n) is 1.90. The molecule has 4 nitrogen and oxygen atoms in total. The van der Waals surface area contributed by atoms with E-state index in [0.29, 0.717) is 19.5 Å². The molecule has 0 saturated heterocycles. The molecule has 0 radical (unpaired) electrons. The lowest BCUT2D eigenvalue weighted by Gasteiger charge is -2.09. The average molecular weight is 208 g/mol. The van der Waals surface area contributed by atoms with Crippen LogP contribution in [0.25, 0.3) is 0 Å². The molecule has 0 aromatic rings. The van der Waals surface area contributed by atoms with Crippen molar-refractivity contribution in [2.45, 2.75) is 26.7 Å². The highest BCUT2D eigenvalue weighted by atomic mass is 32.2. The summed E-state index contributed by atoms with van der Waals surface area (Å²) in [5.41, 5.74) is 5.25. The maximum Gasteiger partial charge on any atom is 0.211 e. The number of nitrogens with one attached hydrogen (secondary N) is 1. The van der Waals surface area contributed by atoms with Gasteiger partial charge in [0.2, 0.25) is 10.0 Å². The molecule has 0 fully saturated rings. The summed E-state index contributed by atoms with van der Waals surface area (Å²) in [4.78, 5) is 0. The van der Waals surface area contributed by atoms with Crippen LogP contribution in [0.4, 0.5) is 0 Å². The highest BCUT2D eigenvalue weighted by Gasteiger charge is 2.12. The second-order valence-corrected chi connectivity index (χ2v) is 5.18. The van der Waals surface area contributed by atoms with Gasteiger partial charge in [0.15, 0.2) is 0 Å². The van der Waals surface area contributed by atoms with Crippen LogP contribution in [-0.2, 0) is 10.0 Å². The van der Waals surface area contributed by atoms with Crippen molar-refractivity contribution in [3.63, 3.8) is 0 Å². The molecule has 0 aromatic heterocycles. The largest absolute Gasteiger partial charge is 0.330 e. The summed E-state index contributed by atoms with van der Waals surface area (Å²) in [6.45, 7) is 4.89. The number of rotatable bonds is 7. The maximum absolute atomic E-state index is 11.3. The first kappa shape index (κ1) is 12.9. The first-order chi connectivity index (χ1) is 6.02. The lowest BCUT2D eigenvalue weighted by atomic mass is 10.2. The molecular formula is C8H20N2O2S. The van der Waals surface area contributed by atoms with Gasteiger partial charge < -0.3 is 5.73 Å². The van der Waals surface area contributed by atoms with Gasteiger partial charge in [0.25, 0.3) is 0 Å². The first-order valence-electron chi connectivity index (χ1n) is 4.69. The van der Waals surface area contributed by atoms with Crippen molar-refractivity contribution in [3.05, 3.63) is 0 Å². The van der Waals surface area contributed by atoms with Gasteiger partial charge in [-0.25, -0.2) is 13.1 Å². The highest BCUT2D eigenvalue weighted by Crippen LogP contribution is 2.03. The summed E-state index contributed by atoms with van der Waals surface area (Å²) in [6.07, 6.45) is 1.58. The van der Waals surface area contributed by atoms with Crippen LogP contribution in [0.1, 0.15) is 26.7 Å². The molecule has 0 bridgehead atoms. The molecule has 13 heavy (non-hydrogen) atoms. The number of hydrogen-bond acceptors (Lipinski definition) is 3. The van der Waals surface area contributed by atoms with Gasteiger partial charge in [-0.1, -0.05) is 20.3 Å². The second-order valence-electron chi connectivity index (χ2n) is 3.33.